The molecule has 0 radical (unpaired) electrons. The third-order valence-electron chi connectivity index (χ3n) is 7.15. The second-order valence-corrected chi connectivity index (χ2v) is 9.37. The van der Waals surface area contributed by atoms with Crippen molar-refractivity contribution in [1.82, 2.24) is 30.0 Å². The van der Waals surface area contributed by atoms with Crippen LogP contribution in [-0.2, 0) is 4.79 Å². The zero-order valence-electron chi connectivity index (χ0n) is 20.2. The molecule has 2 aliphatic heterocycles. The standard InChI is InChI=1S/C25H31FN8O/c1-4-6-9-17(26)19-16(3)31-23(34(24(19)35)33-13-8-7-10-25(33)11-12-25)18(5-2)32-22-20-21(28-14-27-20)29-15-30-22/h4,6,9,14-16,18H,1,5,7-8,10-13H2,2-3H3,(H2,27,28,29,30,32)/b9-6-,19-17-. The first kappa shape index (κ1) is 23.3. The molecule has 35 heavy (non-hydrogen) atoms. The molecule has 1 amide bonds. The van der Waals surface area contributed by atoms with Gasteiger partial charge in [-0.2, -0.15) is 0 Å². The second-order valence-electron chi connectivity index (χ2n) is 9.37. The van der Waals surface area contributed by atoms with Gasteiger partial charge in [0, 0.05) is 12.1 Å². The van der Waals surface area contributed by atoms with Crippen molar-refractivity contribution >= 4 is 28.7 Å². The van der Waals surface area contributed by atoms with E-state index in [1.54, 1.807) is 18.3 Å². The number of fused-ring (bicyclic) bond motifs is 1. The van der Waals surface area contributed by atoms with Gasteiger partial charge < -0.3 is 10.3 Å². The van der Waals surface area contributed by atoms with E-state index in [9.17, 15) is 4.79 Å². The first-order chi connectivity index (χ1) is 17.0. The van der Waals surface area contributed by atoms with Gasteiger partial charge in [0.15, 0.2) is 11.5 Å². The maximum atomic E-state index is 15.2. The number of hydrazine groups is 1. The van der Waals surface area contributed by atoms with Crippen molar-refractivity contribution < 1.29 is 9.18 Å². The van der Waals surface area contributed by atoms with Crippen molar-refractivity contribution in [1.29, 1.82) is 0 Å². The van der Waals surface area contributed by atoms with Crippen LogP contribution in [0.15, 0.2) is 53.9 Å². The average molecular weight is 479 g/mol. The Morgan fingerprint density at radius 1 is 1.34 bits per heavy atom. The average Bonchev–Trinajstić information content (AvgIpc) is 3.44. The quantitative estimate of drug-likeness (QED) is 0.459. The highest BCUT2D eigenvalue weighted by molar-refractivity contribution is 6.11. The zero-order valence-corrected chi connectivity index (χ0v) is 20.2. The van der Waals surface area contributed by atoms with Crippen molar-refractivity contribution in [2.75, 3.05) is 11.9 Å². The lowest BCUT2D eigenvalue weighted by atomic mass is 9.99. The second kappa shape index (κ2) is 9.33. The summed E-state index contributed by atoms with van der Waals surface area (Å²) in [5.41, 5.74) is 1.27. The number of imidazole rings is 1. The van der Waals surface area contributed by atoms with E-state index in [2.05, 4.69) is 36.8 Å². The normalized spacial score (nSPS) is 24.7. The van der Waals surface area contributed by atoms with E-state index in [1.807, 2.05) is 6.92 Å². The number of amidine groups is 1. The number of piperidine rings is 1. The Labute approximate surface area is 203 Å². The molecule has 2 aromatic rings. The summed E-state index contributed by atoms with van der Waals surface area (Å²) < 4.78 is 15.2. The van der Waals surface area contributed by atoms with E-state index in [1.165, 1.54) is 24.6 Å². The van der Waals surface area contributed by atoms with E-state index in [0.29, 0.717) is 29.2 Å². The number of nitrogens with zero attached hydrogens (tertiary/aromatic N) is 6. The minimum Gasteiger partial charge on any atom is -0.358 e. The van der Waals surface area contributed by atoms with Gasteiger partial charge in [-0.25, -0.2) is 29.4 Å². The number of hydrogen-bond donors (Lipinski definition) is 2. The van der Waals surface area contributed by atoms with Gasteiger partial charge in [-0.15, -0.1) is 0 Å². The number of carbonyl (C=O) groups is 1. The van der Waals surface area contributed by atoms with Crippen LogP contribution in [0.4, 0.5) is 10.2 Å². The Kier molecular flexibility index (Phi) is 6.22. The summed E-state index contributed by atoms with van der Waals surface area (Å²) in [4.78, 5) is 34.8. The Morgan fingerprint density at radius 3 is 2.91 bits per heavy atom. The number of aromatic amines is 1. The topological polar surface area (TPSA) is 102 Å². The monoisotopic (exact) mass is 478 g/mol. The smallest absolute Gasteiger partial charge is 0.275 e. The van der Waals surface area contributed by atoms with Gasteiger partial charge in [0.1, 0.15) is 23.5 Å². The van der Waals surface area contributed by atoms with Crippen molar-refractivity contribution in [2.45, 2.75) is 70.0 Å². The molecule has 4 heterocycles. The van der Waals surface area contributed by atoms with E-state index < -0.39 is 11.9 Å². The molecule has 1 aliphatic carbocycles. The van der Waals surface area contributed by atoms with E-state index in [4.69, 9.17) is 4.99 Å². The molecule has 5 rings (SSSR count). The van der Waals surface area contributed by atoms with Gasteiger partial charge in [0.25, 0.3) is 5.91 Å². The largest absolute Gasteiger partial charge is 0.358 e. The maximum absolute atomic E-state index is 15.2. The molecular weight excluding hydrogens is 447 g/mol. The van der Waals surface area contributed by atoms with Crippen LogP contribution in [-0.4, -0.2) is 65.9 Å². The van der Waals surface area contributed by atoms with Crippen LogP contribution >= 0.6 is 0 Å². The molecule has 3 aliphatic rings. The number of allylic oxidation sites excluding steroid dienone is 4. The summed E-state index contributed by atoms with van der Waals surface area (Å²) >= 11 is 0. The third kappa shape index (κ3) is 4.16. The number of aliphatic imine (C=N–C) groups is 1. The molecule has 1 saturated heterocycles. The van der Waals surface area contributed by atoms with Gasteiger partial charge in [0.2, 0.25) is 0 Å². The number of aromatic nitrogens is 4. The Morgan fingerprint density at radius 2 is 2.17 bits per heavy atom. The van der Waals surface area contributed by atoms with E-state index >= 15 is 4.39 Å². The van der Waals surface area contributed by atoms with E-state index in [0.717, 1.165) is 38.6 Å². The Balaban J connectivity index is 1.58. The lowest BCUT2D eigenvalue weighted by molar-refractivity contribution is -0.143. The number of H-pyrrole nitrogens is 1. The van der Waals surface area contributed by atoms with Gasteiger partial charge in [-0.3, -0.25) is 9.79 Å². The van der Waals surface area contributed by atoms with Gasteiger partial charge in [0.05, 0.1) is 24.0 Å². The van der Waals surface area contributed by atoms with Crippen LogP contribution in [0.5, 0.6) is 0 Å². The fraction of sp³-hybridized carbons (Fsp3) is 0.480. The number of anilines is 1. The predicted octanol–water partition coefficient (Wildman–Crippen LogP) is 4.07. The fourth-order valence-electron chi connectivity index (χ4n) is 5.16. The highest BCUT2D eigenvalue weighted by atomic mass is 19.1. The van der Waals surface area contributed by atoms with Crippen LogP contribution < -0.4 is 5.32 Å². The zero-order chi connectivity index (χ0) is 24.6. The van der Waals surface area contributed by atoms with Crippen molar-refractivity contribution in [3.05, 3.63) is 48.9 Å². The van der Waals surface area contributed by atoms with Crippen LogP contribution in [0.3, 0.4) is 0 Å². The van der Waals surface area contributed by atoms with Crippen LogP contribution in [0, 0.1) is 0 Å². The highest BCUT2D eigenvalue weighted by Gasteiger charge is 2.54. The number of nitrogens with one attached hydrogen (secondary N) is 2. The molecule has 9 nitrogen and oxygen atoms in total. The van der Waals surface area contributed by atoms with Crippen molar-refractivity contribution in [3.8, 4) is 0 Å². The molecule has 1 saturated carbocycles. The van der Waals surface area contributed by atoms with Gasteiger partial charge in [-0.1, -0.05) is 32.1 Å². The van der Waals surface area contributed by atoms with Crippen LogP contribution in [0.2, 0.25) is 0 Å². The molecule has 2 unspecified atom stereocenters. The molecule has 1 spiro atoms. The SMILES string of the molecule is C=C/C=C\C(F)=C1\C(=O)N(N2CCCCC23CC3)C(C(CC)Nc2ncnc3nc[nH]c23)=NC1C. The summed E-state index contributed by atoms with van der Waals surface area (Å²) in [6.07, 6.45) is 13.2. The summed E-state index contributed by atoms with van der Waals surface area (Å²) in [6, 6.07) is -0.953. The highest BCUT2D eigenvalue weighted by Crippen LogP contribution is 2.50. The summed E-state index contributed by atoms with van der Waals surface area (Å²) in [5.74, 6) is 0.251. The number of rotatable bonds is 7. The number of halogens is 1. The molecule has 0 aromatic carbocycles. The lowest BCUT2D eigenvalue weighted by Gasteiger charge is -2.47. The first-order valence-electron chi connectivity index (χ1n) is 12.3. The van der Waals surface area contributed by atoms with E-state index in [-0.39, 0.29) is 23.1 Å². The molecule has 2 fully saturated rings. The lowest BCUT2D eigenvalue weighted by Crippen LogP contribution is -2.63. The predicted molar refractivity (Wildman–Crippen MR) is 133 cm³/mol. The molecule has 2 aromatic heterocycles. The number of carbonyl (C=O) groups excluding carboxylic acids is 1. The minimum atomic E-state index is -0.628. The summed E-state index contributed by atoms with van der Waals surface area (Å²) in [6.45, 7) is 8.14. The molecule has 10 heteroatoms. The minimum absolute atomic E-state index is 0.0440. The third-order valence-corrected chi connectivity index (χ3v) is 7.15. The number of hydrogen-bond acceptors (Lipinski definition) is 7. The van der Waals surface area contributed by atoms with Gasteiger partial charge in [-0.05, 0) is 45.1 Å². The van der Waals surface area contributed by atoms with Crippen LogP contribution in [0.1, 0.15) is 52.4 Å². The van der Waals surface area contributed by atoms with Crippen LogP contribution in [0.25, 0.3) is 11.2 Å². The Bertz CT molecular complexity index is 1230. The van der Waals surface area contributed by atoms with Crippen molar-refractivity contribution in [3.63, 3.8) is 0 Å². The summed E-state index contributed by atoms with van der Waals surface area (Å²) in [7, 11) is 0. The molecule has 2 atom stereocenters. The number of amides is 1. The fourth-order valence-corrected chi connectivity index (χ4v) is 5.16. The Hall–Kier alpha value is -3.40. The first-order valence-corrected chi connectivity index (χ1v) is 12.3. The molecule has 2 N–H and O–H groups in total. The van der Waals surface area contributed by atoms with Crippen molar-refractivity contribution in [2.24, 2.45) is 4.99 Å². The molecular formula is C25H31FN8O. The molecule has 0 bridgehead atoms. The van der Waals surface area contributed by atoms with Gasteiger partial charge >= 0.3 is 0 Å². The maximum Gasteiger partial charge on any atom is 0.275 e. The summed E-state index contributed by atoms with van der Waals surface area (Å²) in [5, 5.41) is 7.27. The molecule has 184 valence electrons.